The number of hydrogen-bond donors (Lipinski definition) is 1. The number of nitrogens with zero attached hydrogens (tertiary/aromatic N) is 3. The van der Waals surface area contributed by atoms with Crippen LogP contribution in [0.15, 0.2) is 0 Å². The summed E-state index contributed by atoms with van der Waals surface area (Å²) in [5.74, 6) is 0. The Morgan fingerprint density at radius 3 is 2.52 bits per heavy atom. The van der Waals surface area contributed by atoms with E-state index in [2.05, 4.69) is 42.5 Å². The number of nitrogens with two attached hydrogens (primary N) is 1. The van der Waals surface area contributed by atoms with Gasteiger partial charge in [-0.1, -0.05) is 6.92 Å². The van der Waals surface area contributed by atoms with E-state index < -0.39 is 0 Å². The topological polar surface area (TPSA) is 35.7 Å². The molecule has 2 N–H and O–H groups in total. The van der Waals surface area contributed by atoms with Crippen molar-refractivity contribution in [3.05, 3.63) is 0 Å². The van der Waals surface area contributed by atoms with E-state index in [0.29, 0.717) is 12.1 Å². The molecule has 21 heavy (non-hydrogen) atoms. The molecule has 2 fully saturated rings. The monoisotopic (exact) mass is 296 g/mol. The summed E-state index contributed by atoms with van der Waals surface area (Å²) in [4.78, 5) is 7.90. The fourth-order valence-corrected chi connectivity index (χ4v) is 4.18. The van der Waals surface area contributed by atoms with Gasteiger partial charge in [-0.2, -0.15) is 0 Å². The molecule has 0 spiro atoms. The van der Waals surface area contributed by atoms with Crippen LogP contribution in [0.25, 0.3) is 0 Å². The van der Waals surface area contributed by atoms with Gasteiger partial charge in [-0.05, 0) is 53.1 Å². The van der Waals surface area contributed by atoms with E-state index in [0.717, 1.165) is 6.54 Å². The molecule has 2 unspecified atom stereocenters. The zero-order valence-corrected chi connectivity index (χ0v) is 14.6. The fourth-order valence-electron chi connectivity index (χ4n) is 4.18. The van der Waals surface area contributed by atoms with Crippen molar-refractivity contribution in [3.63, 3.8) is 0 Å². The summed E-state index contributed by atoms with van der Waals surface area (Å²) in [6, 6.07) is 1.36. The lowest BCUT2D eigenvalue weighted by Crippen LogP contribution is -2.62. The van der Waals surface area contributed by atoms with Gasteiger partial charge >= 0.3 is 0 Å². The Morgan fingerprint density at radius 1 is 1.14 bits per heavy atom. The van der Waals surface area contributed by atoms with E-state index in [1.54, 1.807) is 0 Å². The van der Waals surface area contributed by atoms with E-state index >= 15 is 0 Å². The van der Waals surface area contributed by atoms with E-state index in [1.807, 2.05) is 0 Å². The summed E-state index contributed by atoms with van der Waals surface area (Å²) in [5, 5.41) is 0. The molecular formula is C17H36N4. The van der Waals surface area contributed by atoms with Crippen LogP contribution in [0.3, 0.4) is 0 Å². The molecule has 4 nitrogen and oxygen atoms in total. The van der Waals surface area contributed by atoms with Gasteiger partial charge in [0.15, 0.2) is 0 Å². The van der Waals surface area contributed by atoms with Crippen LogP contribution in [-0.4, -0.2) is 78.6 Å². The first kappa shape index (κ1) is 17.2. The maximum Gasteiger partial charge on any atom is 0.0345 e. The SMILES string of the molecule is CCC1CN(C2(CN)CCCN(C(C)C)CC2)CCN1C. The highest BCUT2D eigenvalue weighted by atomic mass is 15.3. The highest BCUT2D eigenvalue weighted by molar-refractivity contribution is 4.98. The van der Waals surface area contributed by atoms with Crippen molar-refractivity contribution in [3.8, 4) is 0 Å². The van der Waals surface area contributed by atoms with Crippen LogP contribution in [0.4, 0.5) is 0 Å². The molecular weight excluding hydrogens is 260 g/mol. The van der Waals surface area contributed by atoms with Crippen LogP contribution in [0, 0.1) is 0 Å². The van der Waals surface area contributed by atoms with Crippen molar-refractivity contribution in [1.29, 1.82) is 0 Å². The highest BCUT2D eigenvalue weighted by Crippen LogP contribution is 2.31. The standard InChI is InChI=1S/C17H36N4/c1-5-16-13-21(12-11-19(16)4)17(14-18)7-6-9-20(10-8-17)15(2)3/h15-16H,5-14,18H2,1-4H3. The molecule has 2 heterocycles. The molecule has 4 heteroatoms. The van der Waals surface area contributed by atoms with Gasteiger partial charge in [0.1, 0.15) is 0 Å². The summed E-state index contributed by atoms with van der Waals surface area (Å²) in [6.07, 6.45) is 5.04. The van der Waals surface area contributed by atoms with Gasteiger partial charge in [-0.15, -0.1) is 0 Å². The fraction of sp³-hybridized carbons (Fsp3) is 1.00. The van der Waals surface area contributed by atoms with Crippen LogP contribution < -0.4 is 5.73 Å². The molecule has 0 amide bonds. The minimum atomic E-state index is 0.248. The quantitative estimate of drug-likeness (QED) is 0.855. The number of piperazine rings is 1. The summed E-state index contributed by atoms with van der Waals surface area (Å²) in [5.41, 5.74) is 6.56. The molecule has 0 bridgehead atoms. The molecule has 0 saturated carbocycles. The first-order valence-corrected chi connectivity index (χ1v) is 8.92. The largest absolute Gasteiger partial charge is 0.329 e. The zero-order chi connectivity index (χ0) is 15.5. The third kappa shape index (κ3) is 3.79. The van der Waals surface area contributed by atoms with Gasteiger partial charge in [-0.3, -0.25) is 4.90 Å². The highest BCUT2D eigenvalue weighted by Gasteiger charge is 2.40. The number of hydrogen-bond acceptors (Lipinski definition) is 4. The van der Waals surface area contributed by atoms with Crippen molar-refractivity contribution in [2.75, 3.05) is 46.3 Å². The minimum absolute atomic E-state index is 0.248. The van der Waals surface area contributed by atoms with Gasteiger partial charge in [0, 0.05) is 50.3 Å². The van der Waals surface area contributed by atoms with Crippen LogP contribution in [0.5, 0.6) is 0 Å². The molecule has 0 aromatic heterocycles. The lowest BCUT2D eigenvalue weighted by Gasteiger charge is -2.49. The van der Waals surface area contributed by atoms with Gasteiger partial charge < -0.3 is 15.5 Å². The van der Waals surface area contributed by atoms with Crippen molar-refractivity contribution in [2.45, 2.75) is 64.1 Å². The molecule has 2 rings (SSSR count). The van der Waals surface area contributed by atoms with Crippen molar-refractivity contribution >= 4 is 0 Å². The van der Waals surface area contributed by atoms with Crippen LogP contribution in [0.1, 0.15) is 46.5 Å². The molecule has 2 aliphatic heterocycles. The lowest BCUT2D eigenvalue weighted by atomic mass is 9.87. The van der Waals surface area contributed by atoms with Crippen LogP contribution >= 0.6 is 0 Å². The van der Waals surface area contributed by atoms with Gasteiger partial charge in [-0.25, -0.2) is 0 Å². The second-order valence-electron chi connectivity index (χ2n) is 7.40. The third-order valence-corrected chi connectivity index (χ3v) is 5.98. The second-order valence-corrected chi connectivity index (χ2v) is 7.40. The van der Waals surface area contributed by atoms with E-state index in [1.165, 1.54) is 58.4 Å². The van der Waals surface area contributed by atoms with Crippen LogP contribution in [0.2, 0.25) is 0 Å². The zero-order valence-electron chi connectivity index (χ0n) is 14.6. The molecule has 0 aromatic rings. The molecule has 2 aliphatic rings. The van der Waals surface area contributed by atoms with Gasteiger partial charge in [0.2, 0.25) is 0 Å². The molecule has 0 aliphatic carbocycles. The smallest absolute Gasteiger partial charge is 0.0345 e. The van der Waals surface area contributed by atoms with E-state index in [-0.39, 0.29) is 5.54 Å². The lowest BCUT2D eigenvalue weighted by molar-refractivity contribution is 0.00363. The first-order chi connectivity index (χ1) is 10.0. The average Bonchev–Trinajstić information content (AvgIpc) is 2.71. The van der Waals surface area contributed by atoms with E-state index in [9.17, 15) is 0 Å². The number of likely N-dealkylation sites (tertiary alicyclic amines) is 1. The predicted octanol–water partition coefficient (Wildman–Crippen LogP) is 1.60. The van der Waals surface area contributed by atoms with Gasteiger partial charge in [0.05, 0.1) is 0 Å². The molecule has 0 radical (unpaired) electrons. The maximum atomic E-state index is 6.31. The van der Waals surface area contributed by atoms with Crippen molar-refractivity contribution in [2.24, 2.45) is 5.73 Å². The first-order valence-electron chi connectivity index (χ1n) is 8.92. The average molecular weight is 297 g/mol. The van der Waals surface area contributed by atoms with Crippen molar-refractivity contribution < 1.29 is 0 Å². The molecule has 2 saturated heterocycles. The Balaban J connectivity index is 2.06. The molecule has 124 valence electrons. The number of likely N-dealkylation sites (N-methyl/N-ethyl adjacent to an activating group) is 1. The Labute approximate surface area is 131 Å². The molecule has 2 atom stereocenters. The second kappa shape index (κ2) is 7.40. The van der Waals surface area contributed by atoms with Gasteiger partial charge in [0.25, 0.3) is 0 Å². The summed E-state index contributed by atoms with van der Waals surface area (Å²) in [6.45, 7) is 13.8. The predicted molar refractivity (Wildman–Crippen MR) is 90.6 cm³/mol. The van der Waals surface area contributed by atoms with Crippen molar-refractivity contribution in [1.82, 2.24) is 14.7 Å². The normalized spacial score (nSPS) is 34.3. The Kier molecular flexibility index (Phi) is 6.06. The molecule has 0 aromatic carbocycles. The maximum absolute atomic E-state index is 6.31. The Morgan fingerprint density at radius 2 is 1.90 bits per heavy atom. The summed E-state index contributed by atoms with van der Waals surface area (Å²) < 4.78 is 0. The summed E-state index contributed by atoms with van der Waals surface area (Å²) in [7, 11) is 2.27. The third-order valence-electron chi connectivity index (χ3n) is 5.98. The van der Waals surface area contributed by atoms with Crippen LogP contribution in [-0.2, 0) is 0 Å². The summed E-state index contributed by atoms with van der Waals surface area (Å²) >= 11 is 0. The van der Waals surface area contributed by atoms with E-state index in [4.69, 9.17) is 5.73 Å². The minimum Gasteiger partial charge on any atom is -0.329 e. The Hall–Kier alpha value is -0.160. The number of rotatable bonds is 4. The Bertz CT molecular complexity index is 320.